The second-order valence-corrected chi connectivity index (χ2v) is 2.94. The Bertz CT molecular complexity index is 259. The predicted octanol–water partition coefficient (Wildman–Crippen LogP) is 1.19. The number of hydrogen-bond acceptors (Lipinski definition) is 2. The van der Waals surface area contributed by atoms with E-state index in [2.05, 4.69) is 26.1 Å². The molecular weight excluding hydrogens is 212 g/mol. The zero-order valence-electron chi connectivity index (χ0n) is 5.67. The highest BCUT2D eigenvalue weighted by Gasteiger charge is 2.03. The van der Waals surface area contributed by atoms with Gasteiger partial charge in [0.15, 0.2) is 0 Å². The smallest absolute Gasteiger partial charge is 0.303 e. The van der Waals surface area contributed by atoms with Crippen LogP contribution in [0.15, 0.2) is 10.7 Å². The van der Waals surface area contributed by atoms with Crippen molar-refractivity contribution in [2.75, 3.05) is 0 Å². The van der Waals surface area contributed by atoms with Crippen LogP contribution in [-0.4, -0.2) is 21.3 Å². The van der Waals surface area contributed by atoms with Gasteiger partial charge in [-0.15, -0.1) is 0 Å². The highest BCUT2D eigenvalue weighted by Crippen LogP contribution is 2.13. The van der Waals surface area contributed by atoms with E-state index in [9.17, 15) is 4.79 Å². The third-order valence-corrected chi connectivity index (χ3v) is 1.94. The predicted molar refractivity (Wildman–Crippen MR) is 42.2 cm³/mol. The average molecular weight is 219 g/mol. The van der Waals surface area contributed by atoms with Crippen LogP contribution in [-0.2, 0) is 11.2 Å². The molecule has 4 nitrogen and oxygen atoms in total. The maximum atomic E-state index is 10.2. The minimum atomic E-state index is -0.800. The van der Waals surface area contributed by atoms with Crippen molar-refractivity contribution in [3.63, 3.8) is 0 Å². The molecule has 0 radical (unpaired) electrons. The fourth-order valence-corrected chi connectivity index (χ4v) is 1.09. The number of carbonyl (C=O) groups is 1. The number of aromatic amines is 1. The van der Waals surface area contributed by atoms with Crippen LogP contribution in [0.25, 0.3) is 0 Å². The van der Waals surface area contributed by atoms with Crippen LogP contribution in [0.4, 0.5) is 0 Å². The largest absolute Gasteiger partial charge is 0.481 e. The lowest BCUT2D eigenvalue weighted by atomic mass is 10.2. The number of aromatic nitrogens is 2. The summed E-state index contributed by atoms with van der Waals surface area (Å²) < 4.78 is 0.832. The minimum Gasteiger partial charge on any atom is -0.481 e. The molecule has 0 saturated carbocycles. The third kappa shape index (κ3) is 2.34. The number of H-pyrrole nitrogens is 1. The summed E-state index contributed by atoms with van der Waals surface area (Å²) in [5, 5.41) is 14.8. The number of aryl methyl sites for hydroxylation is 1. The highest BCUT2D eigenvalue weighted by molar-refractivity contribution is 9.10. The molecule has 2 N–H and O–H groups in total. The Kier molecular flexibility index (Phi) is 2.64. The standard InChI is InChI=1S/C6H7BrN2O2/c7-4-3-8-9-5(4)1-2-6(10)11/h3H,1-2H2,(H,8,9)(H,10,11). The number of nitrogens with one attached hydrogen (secondary N) is 1. The van der Waals surface area contributed by atoms with Crippen molar-refractivity contribution in [2.45, 2.75) is 12.8 Å². The molecule has 1 heterocycles. The van der Waals surface area contributed by atoms with E-state index in [4.69, 9.17) is 5.11 Å². The molecule has 0 bridgehead atoms. The van der Waals surface area contributed by atoms with Crippen molar-refractivity contribution >= 4 is 21.9 Å². The van der Waals surface area contributed by atoms with Crippen LogP contribution in [0.3, 0.4) is 0 Å². The van der Waals surface area contributed by atoms with Gasteiger partial charge in [0, 0.05) is 12.1 Å². The molecule has 1 aromatic rings. The lowest BCUT2D eigenvalue weighted by Crippen LogP contribution is -1.97. The zero-order chi connectivity index (χ0) is 8.27. The normalized spacial score (nSPS) is 9.91. The van der Waals surface area contributed by atoms with Gasteiger partial charge in [0.25, 0.3) is 0 Å². The molecule has 0 spiro atoms. The maximum absolute atomic E-state index is 10.2. The summed E-state index contributed by atoms with van der Waals surface area (Å²) in [6.45, 7) is 0. The summed E-state index contributed by atoms with van der Waals surface area (Å²) >= 11 is 3.23. The fourth-order valence-electron chi connectivity index (χ4n) is 0.705. The Morgan fingerprint density at radius 3 is 3.00 bits per heavy atom. The van der Waals surface area contributed by atoms with E-state index >= 15 is 0 Å². The molecule has 60 valence electrons. The van der Waals surface area contributed by atoms with Crippen molar-refractivity contribution in [2.24, 2.45) is 0 Å². The molecule has 0 atom stereocenters. The first-order valence-electron chi connectivity index (χ1n) is 3.09. The fraction of sp³-hybridized carbons (Fsp3) is 0.333. The van der Waals surface area contributed by atoms with Crippen LogP contribution in [0.2, 0.25) is 0 Å². The summed E-state index contributed by atoms with van der Waals surface area (Å²) in [6, 6.07) is 0. The molecule has 0 saturated heterocycles. The molecule has 0 amide bonds. The monoisotopic (exact) mass is 218 g/mol. The van der Waals surface area contributed by atoms with Crippen LogP contribution in [0.1, 0.15) is 12.1 Å². The Labute approximate surface area is 71.7 Å². The number of carboxylic acid groups (broad SMARTS) is 1. The molecule has 0 aliphatic heterocycles. The molecular formula is C6H7BrN2O2. The van der Waals surface area contributed by atoms with Gasteiger partial charge in [-0.1, -0.05) is 0 Å². The zero-order valence-corrected chi connectivity index (χ0v) is 7.26. The molecule has 0 aliphatic carbocycles. The number of rotatable bonds is 3. The van der Waals surface area contributed by atoms with Crippen molar-refractivity contribution in [1.29, 1.82) is 0 Å². The van der Waals surface area contributed by atoms with Gasteiger partial charge in [-0.3, -0.25) is 9.89 Å². The summed E-state index contributed by atoms with van der Waals surface area (Å²) in [7, 11) is 0. The Morgan fingerprint density at radius 1 is 1.82 bits per heavy atom. The number of aliphatic carboxylic acids is 1. The first kappa shape index (κ1) is 8.26. The third-order valence-electron chi connectivity index (χ3n) is 1.25. The summed E-state index contributed by atoms with van der Waals surface area (Å²) in [5.41, 5.74) is 0.826. The Morgan fingerprint density at radius 2 is 2.55 bits per heavy atom. The van der Waals surface area contributed by atoms with Gasteiger partial charge in [0.2, 0.25) is 0 Å². The lowest BCUT2D eigenvalue weighted by Gasteiger charge is -1.92. The van der Waals surface area contributed by atoms with E-state index in [1.165, 1.54) is 0 Å². The summed E-state index contributed by atoms with van der Waals surface area (Å²) in [4.78, 5) is 10.2. The van der Waals surface area contributed by atoms with Gasteiger partial charge in [-0.2, -0.15) is 5.10 Å². The number of halogens is 1. The highest BCUT2D eigenvalue weighted by atomic mass is 79.9. The van der Waals surface area contributed by atoms with E-state index in [1.54, 1.807) is 6.20 Å². The second-order valence-electron chi connectivity index (χ2n) is 2.09. The van der Waals surface area contributed by atoms with E-state index in [-0.39, 0.29) is 6.42 Å². The van der Waals surface area contributed by atoms with Crippen LogP contribution < -0.4 is 0 Å². The van der Waals surface area contributed by atoms with E-state index < -0.39 is 5.97 Å². The number of carboxylic acids is 1. The SMILES string of the molecule is O=C(O)CCc1[nH]ncc1Br. The van der Waals surface area contributed by atoms with E-state index in [0.29, 0.717) is 6.42 Å². The average Bonchev–Trinajstić information content (AvgIpc) is 2.31. The second kappa shape index (κ2) is 3.52. The van der Waals surface area contributed by atoms with Gasteiger partial charge in [0.05, 0.1) is 17.1 Å². The summed E-state index contributed by atoms with van der Waals surface area (Å²) in [5.74, 6) is -0.800. The quantitative estimate of drug-likeness (QED) is 0.802. The summed E-state index contributed by atoms with van der Waals surface area (Å²) in [6.07, 6.45) is 2.22. The maximum Gasteiger partial charge on any atom is 0.303 e. The number of nitrogens with zero attached hydrogens (tertiary/aromatic N) is 1. The molecule has 0 aliphatic rings. The van der Waals surface area contributed by atoms with Crippen molar-refractivity contribution < 1.29 is 9.90 Å². The molecule has 11 heavy (non-hydrogen) atoms. The molecule has 1 rings (SSSR count). The van der Waals surface area contributed by atoms with Gasteiger partial charge in [-0.05, 0) is 15.9 Å². The lowest BCUT2D eigenvalue weighted by molar-refractivity contribution is -0.136. The van der Waals surface area contributed by atoms with Crippen LogP contribution in [0, 0.1) is 0 Å². The van der Waals surface area contributed by atoms with Crippen molar-refractivity contribution in [1.82, 2.24) is 10.2 Å². The molecule has 5 heteroatoms. The van der Waals surface area contributed by atoms with Crippen molar-refractivity contribution in [3.05, 3.63) is 16.4 Å². The topological polar surface area (TPSA) is 66.0 Å². The first-order valence-corrected chi connectivity index (χ1v) is 3.89. The Balaban J connectivity index is 2.51. The molecule has 1 aromatic heterocycles. The van der Waals surface area contributed by atoms with Crippen LogP contribution in [0.5, 0.6) is 0 Å². The van der Waals surface area contributed by atoms with Crippen molar-refractivity contribution in [3.8, 4) is 0 Å². The first-order chi connectivity index (χ1) is 5.20. The van der Waals surface area contributed by atoms with Crippen LogP contribution >= 0.6 is 15.9 Å². The molecule has 0 fully saturated rings. The van der Waals surface area contributed by atoms with Gasteiger partial charge < -0.3 is 5.11 Å². The van der Waals surface area contributed by atoms with E-state index in [1.807, 2.05) is 0 Å². The molecule has 0 aromatic carbocycles. The van der Waals surface area contributed by atoms with Gasteiger partial charge in [-0.25, -0.2) is 0 Å². The number of hydrogen-bond donors (Lipinski definition) is 2. The minimum absolute atomic E-state index is 0.126. The Hall–Kier alpha value is -0.840. The van der Waals surface area contributed by atoms with Gasteiger partial charge >= 0.3 is 5.97 Å². The van der Waals surface area contributed by atoms with E-state index in [0.717, 1.165) is 10.2 Å². The van der Waals surface area contributed by atoms with Gasteiger partial charge in [0.1, 0.15) is 0 Å². The molecule has 0 unspecified atom stereocenters.